The van der Waals surface area contributed by atoms with Gasteiger partial charge in [0.2, 0.25) is 0 Å². The molecule has 138 heavy (non-hydrogen) atoms. The van der Waals surface area contributed by atoms with Crippen LogP contribution in [0.25, 0.3) is 0 Å². The van der Waals surface area contributed by atoms with Crippen LogP contribution in [0.15, 0.2) is 201 Å². The molecule has 0 bridgehead atoms. The Morgan fingerprint density at radius 2 is 0.848 bits per heavy atom. The number of hydrogen-bond donors (Lipinski definition) is 3. The highest BCUT2D eigenvalue weighted by molar-refractivity contribution is 5.18. The van der Waals surface area contributed by atoms with E-state index in [1.165, 1.54) is 69.7 Å². The lowest BCUT2D eigenvalue weighted by molar-refractivity contribution is 0.0758. The summed E-state index contributed by atoms with van der Waals surface area (Å²) in [6.45, 7) is 111. The number of imidazole rings is 2. The Bertz CT molecular complexity index is 3380. The summed E-state index contributed by atoms with van der Waals surface area (Å²) in [4.78, 5) is 23.2. The van der Waals surface area contributed by atoms with Crippen molar-refractivity contribution >= 4 is 0 Å². The van der Waals surface area contributed by atoms with Crippen molar-refractivity contribution in [2.45, 2.75) is 458 Å². The van der Waals surface area contributed by atoms with Crippen molar-refractivity contribution in [2.24, 2.45) is 38.9 Å². The van der Waals surface area contributed by atoms with E-state index in [0.29, 0.717) is 71.2 Å². The van der Waals surface area contributed by atoms with Crippen molar-refractivity contribution in [3.63, 3.8) is 0 Å². The second-order valence-electron chi connectivity index (χ2n) is 32.0. The fourth-order valence-corrected chi connectivity index (χ4v) is 10.00. The number of furan rings is 1. The molecule has 0 spiro atoms. The topological polar surface area (TPSA) is 210 Å². The maximum absolute atomic E-state index is 5.41. The van der Waals surface area contributed by atoms with E-state index in [2.05, 4.69) is 271 Å². The molecular weight excluding hydrogens is 1700 g/mol. The number of benzene rings is 1. The summed E-state index contributed by atoms with van der Waals surface area (Å²) < 4.78 is 21.2. The molecule has 0 radical (unpaired) electrons. The van der Waals surface area contributed by atoms with E-state index in [4.69, 9.17) is 13.9 Å². The molecule has 2 aliphatic heterocycles. The largest absolute Gasteiger partial charge is 0.472 e. The van der Waals surface area contributed by atoms with Gasteiger partial charge in [-0.25, -0.2) is 9.97 Å². The van der Waals surface area contributed by atoms with Crippen molar-refractivity contribution in [1.82, 2.24) is 74.4 Å². The first-order chi connectivity index (χ1) is 65.7. The summed E-state index contributed by atoms with van der Waals surface area (Å²) in [5, 5.41) is 21.4. The molecule has 18 heteroatoms. The Morgan fingerprint density at radius 3 is 1.07 bits per heavy atom. The molecule has 0 amide bonds. The van der Waals surface area contributed by atoms with Crippen LogP contribution < -0.4 is 0 Å². The van der Waals surface area contributed by atoms with Crippen LogP contribution in [0.2, 0.25) is 0 Å². The number of pyridine rings is 3. The summed E-state index contributed by atoms with van der Waals surface area (Å²) >= 11 is 0. The standard InChI is InChI=1S/C9H12.3C8H11N.3C7H12N2.C7H14O.C7H10O.C7H14O.3C6H10N2.13C2H6.CH4/c1-8(2)9-6-4-3-5-7-9;1-7(2)8-3-5-9-6-4-8;1-7(2)8-4-3-5-9-6-8;1-7(2)8-5-3-4-6-9-8;1-6(2)7-4-9(3)5-8-7;1-6(2)7-4-8-9(3)5-7;1-6(2)7-4-5-8-9(7)3;2*1-6(2)7-3-4-8-5-7;1-6(2)7-4-3-5-8-7;1-5(2)6-3-7-4-8-6;1-5(2)6-3-7-8-4-6;1-5(2)6-3-4-7-8-6;13*1-2;/h3-8H,1-2H3;3*3-7H,1-2H3;3*4-6H,1-3H3;6-7H,3-5H2,1-2H3;3-6H,1-2H3;6-7H,3-5H2,1-2H3;3*3-5H,1-2H3,(H,7,8);13*1-2H3;1H4. The lowest BCUT2D eigenvalue weighted by Crippen LogP contribution is -2.12. The number of ether oxygens (including phenoxy) is 2. The van der Waals surface area contributed by atoms with Gasteiger partial charge in [0.1, 0.15) is 0 Å². The van der Waals surface area contributed by atoms with Gasteiger partial charge in [-0.05, 0) is 184 Å². The Kier molecular flexibility index (Phi) is 140. The monoisotopic (exact) mass is 1930 g/mol. The summed E-state index contributed by atoms with van der Waals surface area (Å²) in [5.41, 5.74) is 13.9. The van der Waals surface area contributed by atoms with E-state index < -0.39 is 0 Å². The molecule has 12 heterocycles. The highest BCUT2D eigenvalue weighted by Crippen LogP contribution is 2.22. The molecule has 2 fully saturated rings. The molecule has 804 valence electrons. The van der Waals surface area contributed by atoms with Gasteiger partial charge in [-0.15, -0.1) is 0 Å². The Morgan fingerprint density at radius 1 is 0.355 bits per heavy atom. The molecule has 10 aromatic heterocycles. The van der Waals surface area contributed by atoms with Crippen LogP contribution in [0.3, 0.4) is 0 Å². The van der Waals surface area contributed by atoms with Crippen LogP contribution in [0.1, 0.15) is 514 Å². The molecule has 13 rings (SSSR count). The van der Waals surface area contributed by atoms with E-state index in [1.807, 2.05) is 350 Å². The lowest BCUT2D eigenvalue weighted by atomic mass is 9.96. The first kappa shape index (κ1) is 160. The normalized spacial score (nSPS) is 11.1. The molecule has 3 N–H and O–H groups in total. The predicted molar refractivity (Wildman–Crippen MR) is 620 cm³/mol. The maximum Gasteiger partial charge on any atom is 0.0946 e. The second kappa shape index (κ2) is 120. The van der Waals surface area contributed by atoms with Crippen LogP contribution in [0.4, 0.5) is 0 Å². The van der Waals surface area contributed by atoms with E-state index in [9.17, 15) is 0 Å². The number of aryl methyl sites for hydroxylation is 3. The van der Waals surface area contributed by atoms with Crippen LogP contribution in [0.5, 0.6) is 0 Å². The van der Waals surface area contributed by atoms with Gasteiger partial charge in [-0.1, -0.05) is 410 Å². The molecule has 0 aliphatic carbocycles. The molecule has 2 atom stereocenters. The zero-order valence-electron chi connectivity index (χ0n) is 100.0. The molecule has 18 nitrogen and oxygen atoms in total. The Balaban J connectivity index is -0.0000000985. The minimum atomic E-state index is 0. The molecule has 2 saturated heterocycles. The van der Waals surface area contributed by atoms with Crippen LogP contribution in [-0.2, 0) is 30.6 Å². The van der Waals surface area contributed by atoms with Gasteiger partial charge in [-0.2, -0.15) is 20.4 Å². The van der Waals surface area contributed by atoms with Crippen molar-refractivity contribution in [3.8, 4) is 0 Å². The van der Waals surface area contributed by atoms with Gasteiger partial charge < -0.3 is 23.4 Å². The molecular formula is C120H231N15O3. The van der Waals surface area contributed by atoms with Crippen molar-refractivity contribution in [3.05, 3.63) is 259 Å². The van der Waals surface area contributed by atoms with Crippen molar-refractivity contribution in [2.75, 3.05) is 19.8 Å². The average molecular weight is 1930 g/mol. The zero-order valence-corrected chi connectivity index (χ0v) is 100.0. The van der Waals surface area contributed by atoms with Crippen LogP contribution in [0, 0.1) is 17.8 Å². The summed E-state index contributed by atoms with van der Waals surface area (Å²) in [6.07, 6.45) is 35.8. The first-order valence-corrected chi connectivity index (χ1v) is 53.5. The number of nitrogens with one attached hydrogen (secondary N) is 3. The maximum atomic E-state index is 5.41. The number of aromatic amines is 3. The number of aromatic nitrogens is 15. The Hall–Kier alpha value is -8.87. The highest BCUT2D eigenvalue weighted by Gasteiger charge is 2.19. The number of hydrogen-bond acceptors (Lipinski definition) is 12. The zero-order chi connectivity index (χ0) is 109. The number of nitrogens with zero attached hydrogens (tertiary/aromatic N) is 12. The quantitative estimate of drug-likeness (QED) is 0.0985. The van der Waals surface area contributed by atoms with E-state index in [0.717, 1.165) is 49.0 Å². The van der Waals surface area contributed by atoms with Gasteiger partial charge >= 0.3 is 0 Å². The summed E-state index contributed by atoms with van der Waals surface area (Å²) in [7, 11) is 5.89. The third-order valence-corrected chi connectivity index (χ3v) is 17.9. The van der Waals surface area contributed by atoms with Crippen molar-refractivity contribution in [1.29, 1.82) is 0 Å². The van der Waals surface area contributed by atoms with Gasteiger partial charge in [0.15, 0.2) is 0 Å². The van der Waals surface area contributed by atoms with Crippen LogP contribution >= 0.6 is 0 Å². The highest BCUT2D eigenvalue weighted by atomic mass is 16.5. The fourth-order valence-electron chi connectivity index (χ4n) is 10.00. The Labute approximate surface area is 858 Å². The van der Waals surface area contributed by atoms with Gasteiger partial charge in [0.05, 0.1) is 49.4 Å². The first-order valence-electron chi connectivity index (χ1n) is 53.5. The summed E-state index contributed by atoms with van der Waals surface area (Å²) in [5.74, 6) is 8.84. The van der Waals surface area contributed by atoms with E-state index in [1.54, 1.807) is 31.2 Å². The SMILES string of the molecule is C.CC.CC.CC.CC.CC.CC.CC.CC.CC.CC.CC.CC.CC.CC(C)C1CCCO1.CC(C)C1CCOC1.CC(C)c1ccccc1.CC(C)c1ccccn1.CC(C)c1cccnc1.CC(C)c1ccn[nH]1.CC(C)c1ccncc1.CC(C)c1ccnn1C.CC(C)c1ccoc1.CC(C)c1cn(C)cn1.CC(C)c1cn[nH]c1.CC(C)c1cnc[nH]1.CC(C)c1cnn(C)c1. The molecule has 0 saturated carbocycles. The molecule has 2 aliphatic rings. The minimum absolute atomic E-state index is 0. The van der Waals surface area contributed by atoms with E-state index in [-0.39, 0.29) is 7.43 Å². The van der Waals surface area contributed by atoms with E-state index >= 15 is 0 Å². The third-order valence-electron chi connectivity index (χ3n) is 17.9. The second-order valence-corrected chi connectivity index (χ2v) is 32.0. The minimum Gasteiger partial charge on any atom is -0.472 e. The average Bonchev–Trinajstić information content (AvgIpc) is 1.76. The van der Waals surface area contributed by atoms with Gasteiger partial charge in [-0.3, -0.25) is 34.5 Å². The molecule has 11 aromatic rings. The fraction of sp³-hybridized carbons (Fsp3) is 0.642. The third kappa shape index (κ3) is 96.0. The number of H-pyrrole nitrogens is 3. The number of rotatable bonds is 13. The molecule has 1 aromatic carbocycles. The predicted octanol–water partition coefficient (Wildman–Crippen LogP) is 38.5. The smallest absolute Gasteiger partial charge is 0.0946 e. The van der Waals surface area contributed by atoms with Crippen LogP contribution in [-0.4, -0.2) is 100 Å². The lowest BCUT2D eigenvalue weighted by Gasteiger charge is -2.11. The molecule has 2 unspecified atom stereocenters. The summed E-state index contributed by atoms with van der Waals surface area (Å²) in [6, 6.07) is 30.7. The van der Waals surface area contributed by atoms with Gasteiger partial charge in [0, 0.05) is 132 Å². The van der Waals surface area contributed by atoms with Gasteiger partial charge in [0.25, 0.3) is 0 Å². The van der Waals surface area contributed by atoms with Crippen molar-refractivity contribution < 1.29 is 13.9 Å².